The van der Waals surface area contributed by atoms with E-state index in [1.54, 1.807) is 0 Å². The summed E-state index contributed by atoms with van der Waals surface area (Å²) in [5.41, 5.74) is 3.09. The summed E-state index contributed by atoms with van der Waals surface area (Å²) in [5, 5.41) is 18.2. The molecule has 0 unspecified atom stereocenters. The molecule has 0 aliphatic heterocycles. The fraction of sp³-hybridized carbons (Fsp3) is 0.167. The number of aryl methyl sites for hydroxylation is 2. The van der Waals surface area contributed by atoms with Crippen molar-refractivity contribution in [3.63, 3.8) is 0 Å². The van der Waals surface area contributed by atoms with Crippen LogP contribution in [0.1, 0.15) is 16.7 Å². The lowest BCUT2D eigenvalue weighted by atomic mass is 10.00. The van der Waals surface area contributed by atoms with E-state index in [1.165, 1.54) is 20.9 Å². The third-order valence-corrected chi connectivity index (χ3v) is 6.94. The van der Waals surface area contributed by atoms with E-state index in [4.69, 9.17) is 10.2 Å². The summed E-state index contributed by atoms with van der Waals surface area (Å²) < 4.78 is 0. The summed E-state index contributed by atoms with van der Waals surface area (Å²) in [4.78, 5) is 25.8. The van der Waals surface area contributed by atoms with E-state index in [0.29, 0.717) is 5.56 Å². The predicted octanol–water partition coefficient (Wildman–Crippen LogP) is 4.73. The van der Waals surface area contributed by atoms with Crippen LogP contribution in [0.5, 0.6) is 0 Å². The number of benzene rings is 3. The van der Waals surface area contributed by atoms with E-state index in [1.807, 2.05) is 24.3 Å². The fourth-order valence-corrected chi connectivity index (χ4v) is 5.08. The second kappa shape index (κ2) is 8.97. The maximum atomic E-state index is 11.2. The molecule has 5 heteroatoms. The van der Waals surface area contributed by atoms with Gasteiger partial charge in [0.2, 0.25) is 0 Å². The van der Waals surface area contributed by atoms with E-state index in [2.05, 4.69) is 62.4 Å². The van der Waals surface area contributed by atoms with Gasteiger partial charge in [-0.2, -0.15) is 0 Å². The van der Waals surface area contributed by atoms with Crippen molar-refractivity contribution in [1.82, 2.24) is 0 Å². The smallest absolute Gasteiger partial charge is 0.318 e. The van der Waals surface area contributed by atoms with Gasteiger partial charge in [-0.1, -0.05) is 47.5 Å². The summed E-state index contributed by atoms with van der Waals surface area (Å²) in [6.07, 6.45) is -0.0339. The minimum absolute atomic E-state index is 0.0339. The van der Waals surface area contributed by atoms with Crippen LogP contribution >= 0.6 is 0 Å². The highest BCUT2D eigenvalue weighted by Crippen LogP contribution is 2.32. The number of aliphatic carboxylic acids is 2. The summed E-state index contributed by atoms with van der Waals surface area (Å²) in [6, 6.07) is 24.5. The highest BCUT2D eigenvalue weighted by atomic mass is 32.2. The quantitative estimate of drug-likeness (QED) is 0.439. The van der Waals surface area contributed by atoms with Crippen molar-refractivity contribution in [2.75, 3.05) is 0 Å². The SMILES string of the molecule is Cc1ccc([S+](c2ccc(C)cc2)c2ccc(CC(C(=O)O)C(=O)O)cc2)cc1. The van der Waals surface area contributed by atoms with Crippen LogP contribution in [0.4, 0.5) is 0 Å². The first-order valence-electron chi connectivity index (χ1n) is 9.27. The Morgan fingerprint density at radius 3 is 1.38 bits per heavy atom. The van der Waals surface area contributed by atoms with Crippen LogP contribution in [0.15, 0.2) is 87.5 Å². The Morgan fingerprint density at radius 1 is 0.690 bits per heavy atom. The van der Waals surface area contributed by atoms with Crippen LogP contribution < -0.4 is 0 Å². The van der Waals surface area contributed by atoms with Crippen molar-refractivity contribution in [3.8, 4) is 0 Å². The molecule has 0 heterocycles. The third-order valence-electron chi connectivity index (χ3n) is 4.71. The van der Waals surface area contributed by atoms with E-state index in [0.717, 1.165) is 4.90 Å². The highest BCUT2D eigenvalue weighted by molar-refractivity contribution is 7.97. The molecular weight excluding hydrogens is 384 g/mol. The second-order valence-electron chi connectivity index (χ2n) is 7.01. The zero-order valence-corrected chi connectivity index (χ0v) is 17.1. The number of hydrogen-bond donors (Lipinski definition) is 2. The largest absolute Gasteiger partial charge is 0.481 e. The molecule has 0 saturated heterocycles. The Labute approximate surface area is 173 Å². The standard InChI is InChI=1S/C24H22O4S/c1-16-3-9-19(10-4-16)29(20-11-5-17(2)6-12-20)21-13-7-18(8-14-21)15-22(23(25)26)24(27)28/h3-14,22H,15H2,1-2H3,(H-,25,26,27,28)/p+1. The first-order chi connectivity index (χ1) is 13.8. The molecule has 2 N–H and O–H groups in total. The zero-order valence-electron chi connectivity index (χ0n) is 16.3. The van der Waals surface area contributed by atoms with Gasteiger partial charge in [-0.15, -0.1) is 0 Å². The van der Waals surface area contributed by atoms with Gasteiger partial charge in [0.15, 0.2) is 20.6 Å². The normalized spacial score (nSPS) is 11.0. The van der Waals surface area contributed by atoms with E-state index in [9.17, 15) is 9.59 Å². The van der Waals surface area contributed by atoms with Crippen molar-refractivity contribution in [3.05, 3.63) is 89.5 Å². The maximum absolute atomic E-state index is 11.2. The van der Waals surface area contributed by atoms with Gasteiger partial charge >= 0.3 is 11.9 Å². The van der Waals surface area contributed by atoms with Gasteiger partial charge in [0.05, 0.1) is 10.9 Å². The van der Waals surface area contributed by atoms with E-state index in [-0.39, 0.29) is 17.3 Å². The summed E-state index contributed by atoms with van der Waals surface area (Å²) in [7, 11) is -0.302. The summed E-state index contributed by atoms with van der Waals surface area (Å²) >= 11 is 0. The lowest BCUT2D eigenvalue weighted by molar-refractivity contribution is -0.154. The molecule has 0 saturated carbocycles. The topological polar surface area (TPSA) is 74.6 Å². The van der Waals surface area contributed by atoms with E-state index < -0.39 is 17.9 Å². The van der Waals surface area contributed by atoms with Crippen molar-refractivity contribution < 1.29 is 19.8 Å². The minimum atomic E-state index is -1.44. The molecule has 3 rings (SSSR count). The lowest BCUT2D eigenvalue weighted by Gasteiger charge is -2.10. The monoisotopic (exact) mass is 407 g/mol. The average molecular weight is 408 g/mol. The summed E-state index contributed by atoms with van der Waals surface area (Å²) in [5.74, 6) is -4.07. The van der Waals surface area contributed by atoms with Gasteiger partial charge in [-0.3, -0.25) is 9.59 Å². The van der Waals surface area contributed by atoms with Crippen molar-refractivity contribution in [2.45, 2.75) is 35.0 Å². The summed E-state index contributed by atoms with van der Waals surface area (Å²) in [6.45, 7) is 4.12. The van der Waals surface area contributed by atoms with Gasteiger partial charge < -0.3 is 10.2 Å². The molecule has 0 radical (unpaired) electrons. The van der Waals surface area contributed by atoms with Crippen LogP contribution in [0, 0.1) is 19.8 Å². The van der Waals surface area contributed by atoms with Gasteiger partial charge in [0, 0.05) is 0 Å². The molecule has 0 fully saturated rings. The maximum Gasteiger partial charge on any atom is 0.318 e. The molecule has 3 aromatic carbocycles. The molecule has 0 aliphatic carbocycles. The van der Waals surface area contributed by atoms with Crippen LogP contribution in [0.3, 0.4) is 0 Å². The Kier molecular flexibility index (Phi) is 6.39. The molecule has 0 amide bonds. The Morgan fingerprint density at radius 2 is 1.03 bits per heavy atom. The molecule has 4 nitrogen and oxygen atoms in total. The molecule has 0 bridgehead atoms. The zero-order chi connectivity index (χ0) is 21.0. The number of carboxylic acids is 2. The average Bonchev–Trinajstić information content (AvgIpc) is 2.70. The first kappa shape index (κ1) is 20.7. The van der Waals surface area contributed by atoms with Gasteiger partial charge in [0.25, 0.3) is 0 Å². The van der Waals surface area contributed by atoms with Gasteiger partial charge in [-0.25, -0.2) is 0 Å². The Bertz CT molecular complexity index is 933. The minimum Gasteiger partial charge on any atom is -0.481 e. The number of carboxylic acid groups (broad SMARTS) is 2. The predicted molar refractivity (Wildman–Crippen MR) is 113 cm³/mol. The molecule has 0 aliphatic rings. The third kappa shape index (κ3) is 5.06. The number of rotatable bonds is 7. The highest BCUT2D eigenvalue weighted by Gasteiger charge is 2.29. The molecule has 148 valence electrons. The fourth-order valence-electron chi connectivity index (χ4n) is 3.03. The van der Waals surface area contributed by atoms with Crippen molar-refractivity contribution in [1.29, 1.82) is 0 Å². The molecule has 3 aromatic rings. The molecule has 0 aromatic heterocycles. The second-order valence-corrected chi connectivity index (χ2v) is 9.04. The van der Waals surface area contributed by atoms with Crippen molar-refractivity contribution in [2.24, 2.45) is 5.92 Å². The molecule has 0 spiro atoms. The van der Waals surface area contributed by atoms with Crippen molar-refractivity contribution >= 4 is 22.8 Å². The molecular formula is C24H23O4S+. The van der Waals surface area contributed by atoms with E-state index >= 15 is 0 Å². The Balaban J connectivity index is 1.96. The van der Waals surface area contributed by atoms with Crippen LogP contribution in [-0.4, -0.2) is 22.2 Å². The first-order valence-corrected chi connectivity index (χ1v) is 10.5. The molecule has 0 atom stereocenters. The number of carbonyl (C=O) groups is 2. The van der Waals surface area contributed by atoms with Crippen LogP contribution in [0.2, 0.25) is 0 Å². The van der Waals surface area contributed by atoms with Crippen LogP contribution in [-0.2, 0) is 26.9 Å². The lowest BCUT2D eigenvalue weighted by Crippen LogP contribution is -2.25. The van der Waals surface area contributed by atoms with Gasteiger partial charge in [0.1, 0.15) is 0 Å². The Hall–Kier alpha value is -3.05. The van der Waals surface area contributed by atoms with Crippen LogP contribution in [0.25, 0.3) is 0 Å². The van der Waals surface area contributed by atoms with Gasteiger partial charge in [-0.05, 0) is 62.2 Å². The molecule has 29 heavy (non-hydrogen) atoms. The number of hydrogen-bond acceptors (Lipinski definition) is 2.